The fourth-order valence-electron chi connectivity index (χ4n) is 1.38. The quantitative estimate of drug-likeness (QED) is 0.741. The van der Waals surface area contributed by atoms with Gasteiger partial charge in [0.05, 0.1) is 17.7 Å². The summed E-state index contributed by atoms with van der Waals surface area (Å²) in [5.41, 5.74) is 1.37. The van der Waals surface area contributed by atoms with E-state index in [2.05, 4.69) is 10.1 Å². The van der Waals surface area contributed by atoms with Crippen molar-refractivity contribution >= 4 is 0 Å². The molecule has 0 saturated heterocycles. The molecule has 0 bridgehead atoms. The summed E-state index contributed by atoms with van der Waals surface area (Å²) < 4.78 is 3.44. The van der Waals surface area contributed by atoms with Crippen molar-refractivity contribution in [2.75, 3.05) is 0 Å². The Morgan fingerprint density at radius 1 is 1.43 bits per heavy atom. The Bertz CT molecular complexity index is 431. The minimum atomic E-state index is -0.705. The van der Waals surface area contributed by atoms with Crippen molar-refractivity contribution < 1.29 is 5.11 Å². The summed E-state index contributed by atoms with van der Waals surface area (Å²) >= 11 is 0. The Morgan fingerprint density at radius 3 is 2.71 bits per heavy atom. The van der Waals surface area contributed by atoms with Crippen molar-refractivity contribution in [1.29, 1.82) is 0 Å². The van der Waals surface area contributed by atoms with E-state index < -0.39 is 6.10 Å². The molecule has 0 radical (unpaired) electrons. The van der Waals surface area contributed by atoms with Gasteiger partial charge >= 0.3 is 0 Å². The third kappa shape index (κ3) is 1.42. The van der Waals surface area contributed by atoms with E-state index in [0.717, 1.165) is 5.69 Å². The number of aliphatic hydroxyl groups is 1. The van der Waals surface area contributed by atoms with Crippen LogP contribution in [0.25, 0.3) is 0 Å². The second kappa shape index (κ2) is 3.26. The van der Waals surface area contributed by atoms with Gasteiger partial charge in [0.25, 0.3) is 0 Å². The second-order valence-corrected chi connectivity index (χ2v) is 3.25. The molecule has 14 heavy (non-hydrogen) atoms. The summed E-state index contributed by atoms with van der Waals surface area (Å²) in [5.74, 6) is 0. The molecular weight excluding hydrogens is 180 g/mol. The maximum atomic E-state index is 9.94. The third-order valence-corrected chi connectivity index (χ3v) is 2.14. The molecule has 0 aliphatic heterocycles. The molecule has 0 fully saturated rings. The molecule has 2 aromatic heterocycles. The topological polar surface area (TPSA) is 55.9 Å². The lowest BCUT2D eigenvalue weighted by atomic mass is 10.2. The van der Waals surface area contributed by atoms with E-state index in [1.165, 1.54) is 0 Å². The van der Waals surface area contributed by atoms with Gasteiger partial charge in [0.15, 0.2) is 0 Å². The molecule has 5 heteroatoms. The van der Waals surface area contributed by atoms with Gasteiger partial charge in [-0.3, -0.25) is 4.68 Å². The highest BCUT2D eigenvalue weighted by molar-refractivity contribution is 5.16. The van der Waals surface area contributed by atoms with E-state index in [1.54, 1.807) is 41.1 Å². The maximum absolute atomic E-state index is 9.94. The first-order chi connectivity index (χ1) is 6.68. The molecule has 1 N–H and O–H groups in total. The van der Waals surface area contributed by atoms with Crippen molar-refractivity contribution in [3.05, 3.63) is 36.2 Å². The van der Waals surface area contributed by atoms with Crippen LogP contribution in [-0.4, -0.2) is 24.4 Å². The van der Waals surface area contributed by atoms with Crippen LogP contribution in [0.5, 0.6) is 0 Å². The number of imidazole rings is 1. The summed E-state index contributed by atoms with van der Waals surface area (Å²) in [7, 11) is 3.66. The van der Waals surface area contributed by atoms with Gasteiger partial charge in [-0.1, -0.05) is 0 Å². The molecule has 0 aliphatic rings. The molecule has 0 spiro atoms. The minimum Gasteiger partial charge on any atom is -0.380 e. The second-order valence-electron chi connectivity index (χ2n) is 3.25. The normalized spacial score (nSPS) is 13.1. The monoisotopic (exact) mass is 192 g/mol. The van der Waals surface area contributed by atoms with E-state index in [1.807, 2.05) is 7.05 Å². The lowest BCUT2D eigenvalue weighted by Crippen LogP contribution is -2.06. The molecule has 1 atom stereocenters. The summed E-state index contributed by atoms with van der Waals surface area (Å²) in [6, 6.07) is 1.78. The molecule has 1 unspecified atom stereocenters. The zero-order chi connectivity index (χ0) is 10.1. The smallest absolute Gasteiger partial charge is 0.139 e. The number of rotatable bonds is 2. The maximum Gasteiger partial charge on any atom is 0.139 e. The van der Waals surface area contributed by atoms with Crippen molar-refractivity contribution in [3.8, 4) is 0 Å². The largest absolute Gasteiger partial charge is 0.380 e. The predicted molar refractivity (Wildman–Crippen MR) is 50.5 cm³/mol. The van der Waals surface area contributed by atoms with Crippen LogP contribution in [0.15, 0.2) is 24.8 Å². The zero-order valence-corrected chi connectivity index (χ0v) is 8.12. The zero-order valence-electron chi connectivity index (χ0n) is 8.12. The number of aryl methyl sites for hydroxylation is 2. The minimum absolute atomic E-state index is 0.635. The van der Waals surface area contributed by atoms with Crippen LogP contribution in [0.4, 0.5) is 0 Å². The molecule has 0 amide bonds. The van der Waals surface area contributed by atoms with Gasteiger partial charge in [0.1, 0.15) is 6.10 Å². The molecule has 0 aromatic carbocycles. The number of aromatic nitrogens is 4. The number of hydrogen-bond donors (Lipinski definition) is 1. The van der Waals surface area contributed by atoms with Gasteiger partial charge in [0.2, 0.25) is 0 Å². The molecule has 2 rings (SSSR count). The molecule has 0 saturated carbocycles. The highest BCUT2D eigenvalue weighted by Crippen LogP contribution is 2.18. The van der Waals surface area contributed by atoms with Crippen LogP contribution in [0.2, 0.25) is 0 Å². The van der Waals surface area contributed by atoms with E-state index in [0.29, 0.717) is 5.69 Å². The Labute approximate surface area is 81.6 Å². The standard InChI is InChI=1S/C9H12N4O/c1-12-5-7(10-6-12)9(14)8-3-4-11-13(8)2/h3-6,9,14H,1-2H3. The van der Waals surface area contributed by atoms with Crippen LogP contribution in [-0.2, 0) is 14.1 Å². The average molecular weight is 192 g/mol. The first kappa shape index (κ1) is 8.96. The van der Waals surface area contributed by atoms with Gasteiger partial charge < -0.3 is 9.67 Å². The fourth-order valence-corrected chi connectivity index (χ4v) is 1.38. The summed E-state index contributed by atoms with van der Waals surface area (Å²) in [6.45, 7) is 0. The van der Waals surface area contributed by atoms with Gasteiger partial charge in [-0.05, 0) is 6.07 Å². The molecule has 5 nitrogen and oxygen atoms in total. The fraction of sp³-hybridized carbons (Fsp3) is 0.333. The predicted octanol–water partition coefficient (Wildman–Crippen LogP) is 0.235. The van der Waals surface area contributed by atoms with Gasteiger partial charge in [-0.15, -0.1) is 0 Å². The first-order valence-corrected chi connectivity index (χ1v) is 4.32. The van der Waals surface area contributed by atoms with Crippen LogP contribution in [0, 0.1) is 0 Å². The van der Waals surface area contributed by atoms with E-state index in [4.69, 9.17) is 0 Å². The highest BCUT2D eigenvalue weighted by atomic mass is 16.3. The van der Waals surface area contributed by atoms with Crippen molar-refractivity contribution in [2.24, 2.45) is 14.1 Å². The van der Waals surface area contributed by atoms with Crippen LogP contribution in [0.3, 0.4) is 0 Å². The number of nitrogens with zero attached hydrogens (tertiary/aromatic N) is 4. The first-order valence-electron chi connectivity index (χ1n) is 4.32. The Balaban J connectivity index is 2.33. The average Bonchev–Trinajstić information content (AvgIpc) is 2.73. The Kier molecular flexibility index (Phi) is 2.09. The number of aliphatic hydroxyl groups excluding tert-OH is 1. The Hall–Kier alpha value is -1.62. The van der Waals surface area contributed by atoms with Crippen molar-refractivity contribution in [2.45, 2.75) is 6.10 Å². The molecule has 2 heterocycles. The number of hydrogen-bond acceptors (Lipinski definition) is 3. The van der Waals surface area contributed by atoms with E-state index in [-0.39, 0.29) is 0 Å². The van der Waals surface area contributed by atoms with E-state index >= 15 is 0 Å². The lowest BCUT2D eigenvalue weighted by molar-refractivity contribution is 0.205. The summed E-state index contributed by atoms with van der Waals surface area (Å²) in [4.78, 5) is 4.08. The van der Waals surface area contributed by atoms with Crippen LogP contribution >= 0.6 is 0 Å². The van der Waals surface area contributed by atoms with Crippen molar-refractivity contribution in [1.82, 2.24) is 19.3 Å². The molecule has 74 valence electrons. The third-order valence-electron chi connectivity index (χ3n) is 2.14. The Morgan fingerprint density at radius 2 is 2.21 bits per heavy atom. The summed E-state index contributed by atoms with van der Waals surface area (Å²) in [5, 5.41) is 13.9. The molecule has 0 aliphatic carbocycles. The SMILES string of the molecule is Cn1cnc(C(O)c2ccnn2C)c1. The van der Waals surface area contributed by atoms with E-state index in [9.17, 15) is 5.11 Å². The summed E-state index contributed by atoms with van der Waals surface area (Å²) in [6.07, 6.45) is 4.40. The lowest BCUT2D eigenvalue weighted by Gasteiger charge is -2.07. The van der Waals surface area contributed by atoms with Crippen LogP contribution < -0.4 is 0 Å². The van der Waals surface area contributed by atoms with Gasteiger partial charge in [0, 0.05) is 26.5 Å². The van der Waals surface area contributed by atoms with Gasteiger partial charge in [-0.25, -0.2) is 4.98 Å². The van der Waals surface area contributed by atoms with Crippen molar-refractivity contribution in [3.63, 3.8) is 0 Å². The van der Waals surface area contributed by atoms with Crippen LogP contribution in [0.1, 0.15) is 17.5 Å². The molecular formula is C9H12N4O. The van der Waals surface area contributed by atoms with Gasteiger partial charge in [-0.2, -0.15) is 5.10 Å². The molecule has 2 aromatic rings. The highest BCUT2D eigenvalue weighted by Gasteiger charge is 2.15.